The van der Waals surface area contributed by atoms with Crippen molar-refractivity contribution in [2.24, 2.45) is 5.92 Å². The van der Waals surface area contributed by atoms with Crippen molar-refractivity contribution in [3.8, 4) is 0 Å². The molecule has 1 saturated carbocycles. The maximum Gasteiger partial charge on any atom is 0.141 e. The first-order chi connectivity index (χ1) is 6.66. The van der Waals surface area contributed by atoms with Gasteiger partial charge in [0.2, 0.25) is 0 Å². The number of rotatable bonds is 3. The van der Waals surface area contributed by atoms with E-state index in [2.05, 4.69) is 12.2 Å². The van der Waals surface area contributed by atoms with Gasteiger partial charge in [-0.2, -0.15) is 0 Å². The molecule has 2 rings (SSSR count). The Labute approximate surface area is 88.3 Å². The summed E-state index contributed by atoms with van der Waals surface area (Å²) in [6.45, 7) is 2.99. The molecule has 0 bridgehead atoms. The van der Waals surface area contributed by atoms with Crippen LogP contribution >= 0.6 is 11.6 Å². The molecule has 76 valence electrons. The summed E-state index contributed by atoms with van der Waals surface area (Å²) in [5.74, 6) is 0.432. The molecule has 14 heavy (non-hydrogen) atoms. The molecule has 1 aromatic rings. The van der Waals surface area contributed by atoms with E-state index in [0.29, 0.717) is 6.04 Å². The number of hydrogen-bond acceptors (Lipinski definition) is 1. The predicted molar refractivity (Wildman–Crippen MR) is 55.8 cm³/mol. The quantitative estimate of drug-likeness (QED) is 0.814. The minimum Gasteiger partial charge on any atom is -0.310 e. The van der Waals surface area contributed by atoms with Crippen molar-refractivity contribution in [1.82, 2.24) is 5.32 Å². The molecule has 0 spiro atoms. The Hall–Kier alpha value is -0.600. The first-order valence-corrected chi connectivity index (χ1v) is 5.22. The van der Waals surface area contributed by atoms with Crippen LogP contribution in [-0.4, -0.2) is 6.04 Å². The van der Waals surface area contributed by atoms with Crippen LogP contribution in [0.2, 0.25) is 5.02 Å². The molecule has 1 aliphatic carbocycles. The monoisotopic (exact) mass is 213 g/mol. The Balaban J connectivity index is 1.92. The summed E-state index contributed by atoms with van der Waals surface area (Å²) in [4.78, 5) is 0. The fourth-order valence-electron chi connectivity index (χ4n) is 1.51. The number of halogens is 2. The Kier molecular flexibility index (Phi) is 2.75. The van der Waals surface area contributed by atoms with E-state index in [1.807, 2.05) is 0 Å². The predicted octanol–water partition coefficient (Wildman–Crippen LogP) is 2.98. The van der Waals surface area contributed by atoms with E-state index in [9.17, 15) is 4.39 Å². The first-order valence-electron chi connectivity index (χ1n) is 4.84. The SMILES string of the molecule is CC1CC1NCc1ccc(F)c(Cl)c1. The van der Waals surface area contributed by atoms with Gasteiger partial charge in [0, 0.05) is 12.6 Å². The van der Waals surface area contributed by atoms with Gasteiger partial charge in [-0.1, -0.05) is 24.6 Å². The highest BCUT2D eigenvalue weighted by molar-refractivity contribution is 6.30. The van der Waals surface area contributed by atoms with Crippen LogP contribution in [0.5, 0.6) is 0 Å². The molecule has 0 amide bonds. The van der Waals surface area contributed by atoms with Gasteiger partial charge in [0.1, 0.15) is 5.82 Å². The lowest BCUT2D eigenvalue weighted by Crippen LogP contribution is -2.16. The molecule has 0 aromatic heterocycles. The molecule has 2 atom stereocenters. The summed E-state index contributed by atoms with van der Waals surface area (Å²) in [6.07, 6.45) is 1.24. The van der Waals surface area contributed by atoms with E-state index in [1.54, 1.807) is 12.1 Å². The maximum absolute atomic E-state index is 12.8. The number of benzene rings is 1. The van der Waals surface area contributed by atoms with Gasteiger partial charge in [-0.15, -0.1) is 0 Å². The molecule has 0 heterocycles. The van der Waals surface area contributed by atoms with Crippen LogP contribution in [0.4, 0.5) is 4.39 Å². The second kappa shape index (κ2) is 3.87. The summed E-state index contributed by atoms with van der Waals surface area (Å²) in [6, 6.07) is 5.49. The van der Waals surface area contributed by atoms with Crippen molar-refractivity contribution in [2.75, 3.05) is 0 Å². The van der Waals surface area contributed by atoms with Crippen LogP contribution in [-0.2, 0) is 6.54 Å². The van der Waals surface area contributed by atoms with Crippen molar-refractivity contribution in [3.63, 3.8) is 0 Å². The van der Waals surface area contributed by atoms with Crippen molar-refractivity contribution in [2.45, 2.75) is 25.9 Å². The van der Waals surface area contributed by atoms with Gasteiger partial charge in [-0.25, -0.2) is 4.39 Å². The van der Waals surface area contributed by atoms with Crippen molar-refractivity contribution < 1.29 is 4.39 Å². The van der Waals surface area contributed by atoms with E-state index in [-0.39, 0.29) is 10.8 Å². The highest BCUT2D eigenvalue weighted by Crippen LogP contribution is 2.29. The van der Waals surface area contributed by atoms with Gasteiger partial charge in [0.05, 0.1) is 5.02 Å². The molecule has 0 radical (unpaired) electrons. The molecular formula is C11H13ClFN. The van der Waals surface area contributed by atoms with Gasteiger partial charge in [-0.05, 0) is 30.0 Å². The molecule has 3 heteroatoms. The third-order valence-electron chi connectivity index (χ3n) is 2.66. The zero-order chi connectivity index (χ0) is 10.1. The van der Waals surface area contributed by atoms with Crippen LogP contribution in [0.1, 0.15) is 18.9 Å². The summed E-state index contributed by atoms with van der Waals surface area (Å²) in [7, 11) is 0. The van der Waals surface area contributed by atoms with Gasteiger partial charge in [-0.3, -0.25) is 0 Å². The Morgan fingerprint density at radius 1 is 1.57 bits per heavy atom. The lowest BCUT2D eigenvalue weighted by atomic mass is 10.2. The second-order valence-electron chi connectivity index (χ2n) is 3.95. The topological polar surface area (TPSA) is 12.0 Å². The van der Waals surface area contributed by atoms with Gasteiger partial charge < -0.3 is 5.32 Å². The van der Waals surface area contributed by atoms with Gasteiger partial charge in [0.15, 0.2) is 0 Å². The summed E-state index contributed by atoms with van der Waals surface area (Å²) in [5, 5.41) is 3.59. The Morgan fingerprint density at radius 2 is 2.29 bits per heavy atom. The Morgan fingerprint density at radius 3 is 2.86 bits per heavy atom. The van der Waals surface area contributed by atoms with Crippen LogP contribution in [0.25, 0.3) is 0 Å². The van der Waals surface area contributed by atoms with Crippen LogP contribution in [0, 0.1) is 11.7 Å². The smallest absolute Gasteiger partial charge is 0.141 e. The van der Waals surface area contributed by atoms with E-state index in [0.717, 1.165) is 18.0 Å². The van der Waals surface area contributed by atoms with Crippen LogP contribution < -0.4 is 5.32 Å². The lowest BCUT2D eigenvalue weighted by molar-refractivity contribution is 0.623. The van der Waals surface area contributed by atoms with E-state index >= 15 is 0 Å². The molecule has 1 aromatic carbocycles. The minimum atomic E-state index is -0.352. The van der Waals surface area contributed by atoms with Crippen LogP contribution in [0.15, 0.2) is 18.2 Å². The van der Waals surface area contributed by atoms with E-state index in [4.69, 9.17) is 11.6 Å². The molecule has 1 aliphatic rings. The molecule has 1 N–H and O–H groups in total. The van der Waals surface area contributed by atoms with Crippen molar-refractivity contribution in [1.29, 1.82) is 0 Å². The highest BCUT2D eigenvalue weighted by Gasteiger charge is 2.31. The molecule has 0 aliphatic heterocycles. The summed E-state index contributed by atoms with van der Waals surface area (Å²) >= 11 is 5.67. The molecule has 2 unspecified atom stereocenters. The molecule has 1 fully saturated rings. The van der Waals surface area contributed by atoms with E-state index < -0.39 is 0 Å². The normalized spacial score (nSPS) is 25.1. The largest absolute Gasteiger partial charge is 0.310 e. The van der Waals surface area contributed by atoms with Gasteiger partial charge >= 0.3 is 0 Å². The number of hydrogen-bond donors (Lipinski definition) is 1. The molecular weight excluding hydrogens is 201 g/mol. The minimum absolute atomic E-state index is 0.202. The lowest BCUT2D eigenvalue weighted by Gasteiger charge is -2.04. The fourth-order valence-corrected chi connectivity index (χ4v) is 1.71. The molecule has 0 saturated heterocycles. The van der Waals surface area contributed by atoms with Gasteiger partial charge in [0.25, 0.3) is 0 Å². The number of nitrogens with one attached hydrogen (secondary N) is 1. The van der Waals surface area contributed by atoms with Crippen molar-refractivity contribution in [3.05, 3.63) is 34.6 Å². The standard InChI is InChI=1S/C11H13ClFN/c1-7-4-11(7)14-6-8-2-3-10(13)9(12)5-8/h2-3,5,7,11,14H,4,6H2,1H3. The van der Waals surface area contributed by atoms with Crippen LogP contribution in [0.3, 0.4) is 0 Å². The highest BCUT2D eigenvalue weighted by atomic mass is 35.5. The summed E-state index contributed by atoms with van der Waals surface area (Å²) < 4.78 is 12.8. The van der Waals surface area contributed by atoms with E-state index in [1.165, 1.54) is 12.5 Å². The maximum atomic E-state index is 12.8. The summed E-state index contributed by atoms with van der Waals surface area (Å²) in [5.41, 5.74) is 1.04. The molecule has 1 nitrogen and oxygen atoms in total. The average molecular weight is 214 g/mol. The zero-order valence-electron chi connectivity index (χ0n) is 8.06. The second-order valence-corrected chi connectivity index (χ2v) is 4.36. The first kappa shape index (κ1) is 9.94. The Bertz CT molecular complexity index is 340. The zero-order valence-corrected chi connectivity index (χ0v) is 8.81. The third kappa shape index (κ3) is 2.25. The third-order valence-corrected chi connectivity index (χ3v) is 2.95. The average Bonchev–Trinajstić information content (AvgIpc) is 2.85. The fraction of sp³-hybridized carbons (Fsp3) is 0.455. The van der Waals surface area contributed by atoms with Crippen molar-refractivity contribution >= 4 is 11.6 Å².